The molecule has 17 heteroatoms. The molecule has 2 aliphatic heterocycles. The van der Waals surface area contributed by atoms with Gasteiger partial charge in [0.05, 0.1) is 40.3 Å². The van der Waals surface area contributed by atoms with Crippen LogP contribution in [0.15, 0.2) is 81.4 Å². The van der Waals surface area contributed by atoms with Gasteiger partial charge in [0.15, 0.2) is 18.1 Å². The number of aromatic amines is 1. The number of thioether (sulfide) groups is 1. The molecule has 6 rings (SSSR count). The average molecular weight is 739 g/mol. The smallest absolute Gasteiger partial charge is 0.338 e. The van der Waals surface area contributed by atoms with Gasteiger partial charge >= 0.3 is 10.8 Å². The maximum Gasteiger partial charge on any atom is 0.338 e. The zero-order valence-corrected chi connectivity index (χ0v) is 29.0. The number of nitrogens with one attached hydrogen (secondary N) is 2. The summed E-state index contributed by atoms with van der Waals surface area (Å²) in [7, 11) is -3.88. The van der Waals surface area contributed by atoms with E-state index in [1.54, 1.807) is 32.0 Å². The van der Waals surface area contributed by atoms with Crippen LogP contribution in [0.25, 0.3) is 0 Å². The minimum Gasteiger partial charge on any atom is -0.490 e. The van der Waals surface area contributed by atoms with Crippen LogP contribution in [0.1, 0.15) is 40.6 Å². The van der Waals surface area contributed by atoms with Crippen molar-refractivity contribution in [1.29, 1.82) is 0 Å². The number of fused-ring (bicyclic) bond motifs is 2. The fraction of sp³-hybridized carbons (Fsp3) is 0.242. The summed E-state index contributed by atoms with van der Waals surface area (Å²) in [6.45, 7) is 3.49. The summed E-state index contributed by atoms with van der Waals surface area (Å²) >= 11 is 2.10. The van der Waals surface area contributed by atoms with E-state index in [9.17, 15) is 32.4 Å². The van der Waals surface area contributed by atoms with E-state index in [-0.39, 0.29) is 40.0 Å². The number of rotatable bonds is 11. The summed E-state index contributed by atoms with van der Waals surface area (Å²) in [6.07, 6.45) is 0. The molecule has 0 radical (unpaired) electrons. The molecule has 1 saturated heterocycles. The molecular formula is C33H30N4O10S3. The molecule has 0 bridgehead atoms. The van der Waals surface area contributed by atoms with E-state index in [2.05, 4.69) is 10.3 Å². The number of benzene rings is 3. The maximum atomic E-state index is 14.1. The fourth-order valence-corrected chi connectivity index (χ4v) is 8.80. The summed E-state index contributed by atoms with van der Waals surface area (Å²) in [6, 6.07) is 16.3. The second kappa shape index (κ2) is 14.1. The van der Waals surface area contributed by atoms with Crippen LogP contribution < -0.4 is 29.7 Å². The van der Waals surface area contributed by atoms with E-state index < -0.39 is 57.4 Å². The Balaban J connectivity index is 1.26. The Hall–Kier alpha value is -4.97. The molecular weight excluding hydrogens is 709 g/mol. The Kier molecular flexibility index (Phi) is 9.84. The van der Waals surface area contributed by atoms with Crippen molar-refractivity contribution in [2.45, 2.75) is 34.9 Å². The first kappa shape index (κ1) is 34.9. The third-order valence-electron chi connectivity index (χ3n) is 7.91. The second-order valence-electron chi connectivity index (χ2n) is 11.1. The van der Waals surface area contributed by atoms with Crippen molar-refractivity contribution in [3.63, 3.8) is 0 Å². The van der Waals surface area contributed by atoms with Crippen molar-refractivity contribution in [2.24, 2.45) is 11.1 Å². The first-order valence-corrected chi connectivity index (χ1v) is 18.5. The number of esters is 1. The number of carbonyl (C=O) groups is 4. The third kappa shape index (κ3) is 6.89. The van der Waals surface area contributed by atoms with E-state index in [1.807, 2.05) is 0 Å². The predicted molar refractivity (Wildman–Crippen MR) is 184 cm³/mol. The normalized spacial score (nSPS) is 18.3. The van der Waals surface area contributed by atoms with E-state index in [4.69, 9.17) is 19.3 Å². The van der Waals surface area contributed by atoms with Gasteiger partial charge in [-0.3, -0.25) is 19.2 Å². The average Bonchev–Trinajstić information content (AvgIpc) is 3.58. The fourth-order valence-electron chi connectivity index (χ4n) is 5.77. The lowest BCUT2D eigenvalue weighted by Crippen LogP contribution is -2.32. The molecule has 1 aromatic heterocycles. The largest absolute Gasteiger partial charge is 0.490 e. The Morgan fingerprint density at radius 1 is 0.920 bits per heavy atom. The Bertz CT molecular complexity index is 2150. The number of primary sulfonamides is 1. The van der Waals surface area contributed by atoms with Crippen molar-refractivity contribution < 1.29 is 41.8 Å². The van der Waals surface area contributed by atoms with Crippen LogP contribution in [-0.2, 0) is 29.1 Å². The number of imide groups is 1. The number of anilines is 2. The van der Waals surface area contributed by atoms with Gasteiger partial charge in [-0.2, -0.15) is 0 Å². The van der Waals surface area contributed by atoms with Gasteiger partial charge in [0.25, 0.3) is 5.91 Å². The van der Waals surface area contributed by atoms with Crippen LogP contribution in [0.4, 0.5) is 11.4 Å². The molecule has 260 valence electrons. The third-order valence-corrected chi connectivity index (χ3v) is 11.2. The first-order valence-electron chi connectivity index (χ1n) is 15.3. The van der Waals surface area contributed by atoms with E-state index in [0.29, 0.717) is 26.8 Å². The van der Waals surface area contributed by atoms with Crippen LogP contribution in [0.3, 0.4) is 0 Å². The highest BCUT2D eigenvalue weighted by atomic mass is 32.2. The van der Waals surface area contributed by atoms with Gasteiger partial charge in [0.2, 0.25) is 21.8 Å². The van der Waals surface area contributed by atoms with Gasteiger partial charge < -0.3 is 24.5 Å². The molecule has 2 aliphatic rings. The zero-order chi connectivity index (χ0) is 35.7. The quantitative estimate of drug-likeness (QED) is 0.150. The minimum atomic E-state index is -3.88. The maximum absolute atomic E-state index is 14.1. The highest BCUT2D eigenvalue weighted by Crippen LogP contribution is 2.53. The van der Waals surface area contributed by atoms with Gasteiger partial charge in [-0.15, -0.1) is 0 Å². The molecule has 4 aromatic rings. The molecule has 0 unspecified atom stereocenters. The number of carbonyl (C=O) groups excluding carboxylic acids is 4. The van der Waals surface area contributed by atoms with Gasteiger partial charge in [0, 0.05) is 16.5 Å². The lowest BCUT2D eigenvalue weighted by atomic mass is 9.83. The molecule has 3 amide bonds. The number of sulfonamides is 1. The number of hydrogen-bond acceptors (Lipinski definition) is 12. The molecule has 3 heterocycles. The SMILES string of the molecule is CCOC(=O)c1ccc(N2C(=O)[C@H]3[C@H](c4ccc(OCC(=O)Nc5ccc(S(N)(=O)=O)cc5)c(OCC)c4)c4sc(=O)[nH]c4S[C@H]3C2=O)cc1. The number of amides is 3. The van der Waals surface area contributed by atoms with E-state index >= 15 is 0 Å². The van der Waals surface area contributed by atoms with E-state index in [0.717, 1.165) is 28.0 Å². The molecule has 0 saturated carbocycles. The lowest BCUT2D eigenvalue weighted by Gasteiger charge is -2.30. The number of nitrogens with two attached hydrogens (primary N) is 1. The second-order valence-corrected chi connectivity index (χ2v) is 14.8. The zero-order valence-electron chi connectivity index (χ0n) is 26.5. The topological polar surface area (TPSA) is 204 Å². The molecule has 4 N–H and O–H groups in total. The molecule has 3 atom stereocenters. The molecule has 0 aliphatic carbocycles. The monoisotopic (exact) mass is 738 g/mol. The van der Waals surface area contributed by atoms with Gasteiger partial charge in [-0.1, -0.05) is 29.2 Å². The number of ether oxygens (including phenoxy) is 3. The van der Waals surface area contributed by atoms with Gasteiger partial charge in [0.1, 0.15) is 5.25 Å². The Morgan fingerprint density at radius 2 is 1.64 bits per heavy atom. The van der Waals surface area contributed by atoms with Crippen molar-refractivity contribution in [3.8, 4) is 11.5 Å². The highest BCUT2D eigenvalue weighted by molar-refractivity contribution is 8.00. The van der Waals surface area contributed by atoms with Crippen molar-refractivity contribution in [3.05, 3.63) is 92.4 Å². The van der Waals surface area contributed by atoms with Gasteiger partial charge in [-0.25, -0.2) is 23.3 Å². The summed E-state index contributed by atoms with van der Waals surface area (Å²) < 4.78 is 39.7. The van der Waals surface area contributed by atoms with Crippen molar-refractivity contribution >= 4 is 68.2 Å². The summed E-state index contributed by atoms with van der Waals surface area (Å²) in [4.78, 5) is 69.4. The molecule has 0 spiro atoms. The summed E-state index contributed by atoms with van der Waals surface area (Å²) in [5.74, 6) is -3.02. The molecule has 3 aromatic carbocycles. The van der Waals surface area contributed by atoms with Crippen LogP contribution in [0.2, 0.25) is 0 Å². The number of hydrogen-bond donors (Lipinski definition) is 3. The Morgan fingerprint density at radius 3 is 2.30 bits per heavy atom. The van der Waals surface area contributed by atoms with Crippen LogP contribution >= 0.6 is 23.1 Å². The number of H-pyrrole nitrogens is 1. The van der Waals surface area contributed by atoms with Gasteiger partial charge in [-0.05, 0) is 80.1 Å². The molecule has 50 heavy (non-hydrogen) atoms. The predicted octanol–water partition coefficient (Wildman–Crippen LogP) is 3.47. The van der Waals surface area contributed by atoms with Crippen molar-refractivity contribution in [1.82, 2.24) is 4.98 Å². The number of thiazole rings is 1. The molecule has 14 nitrogen and oxygen atoms in total. The van der Waals surface area contributed by atoms with Crippen LogP contribution in [0, 0.1) is 5.92 Å². The minimum absolute atomic E-state index is 0.101. The molecule has 1 fully saturated rings. The van der Waals surface area contributed by atoms with Crippen molar-refractivity contribution in [2.75, 3.05) is 30.0 Å². The van der Waals surface area contributed by atoms with Crippen LogP contribution in [-0.4, -0.2) is 62.2 Å². The first-order chi connectivity index (χ1) is 23.9. The summed E-state index contributed by atoms with van der Waals surface area (Å²) in [5.41, 5.74) is 1.50. The van der Waals surface area contributed by atoms with Crippen LogP contribution in [0.5, 0.6) is 11.5 Å². The number of nitrogens with zero attached hydrogens (tertiary/aromatic N) is 1. The standard InChI is InChI=1S/C33H30N4O10S3/c1-3-45-23-15-18(7-14-22(23)47-16-24(38)35-19-8-12-21(13-9-19)50(34,43)44)25-26-28(48-29-27(25)49-33(42)36-29)31(40)37(30(26)39)20-10-5-17(6-11-20)32(41)46-4-2/h5-15,25-26,28H,3-4,16H2,1-2H3,(H,35,38)(H,36,42)(H2,34,43,44)/t25-,26-,28+/m0/s1. The van der Waals surface area contributed by atoms with E-state index in [1.165, 1.54) is 48.5 Å². The highest BCUT2D eigenvalue weighted by Gasteiger charge is 2.56. The Labute approximate surface area is 294 Å². The summed E-state index contributed by atoms with van der Waals surface area (Å²) in [5, 5.41) is 7.39. The lowest BCUT2D eigenvalue weighted by molar-refractivity contribution is -0.122. The number of aromatic nitrogens is 1.